The van der Waals surface area contributed by atoms with E-state index in [9.17, 15) is 9.00 Å². The van der Waals surface area contributed by atoms with Crippen LogP contribution in [-0.4, -0.2) is 40.1 Å². The summed E-state index contributed by atoms with van der Waals surface area (Å²) in [7, 11) is -1.36. The Morgan fingerprint density at radius 3 is 2.70 bits per heavy atom. The first-order valence-electron chi connectivity index (χ1n) is 8.80. The molecule has 1 heterocycles. The molecule has 0 saturated carbocycles. The van der Waals surface area contributed by atoms with E-state index in [2.05, 4.69) is 10.3 Å². The van der Waals surface area contributed by atoms with Crippen molar-refractivity contribution in [2.45, 2.75) is 39.0 Å². The molecule has 0 aliphatic heterocycles. The van der Waals surface area contributed by atoms with Crippen LogP contribution in [-0.2, 0) is 26.1 Å². The number of halogens is 1. The molecule has 27 heavy (non-hydrogen) atoms. The van der Waals surface area contributed by atoms with Gasteiger partial charge in [0.05, 0.1) is 17.6 Å². The second-order valence-corrected chi connectivity index (χ2v) is 8.27. The van der Waals surface area contributed by atoms with Gasteiger partial charge in [0.1, 0.15) is 11.5 Å². The van der Waals surface area contributed by atoms with E-state index in [0.717, 1.165) is 12.0 Å². The Balaban J connectivity index is 1.81. The summed E-state index contributed by atoms with van der Waals surface area (Å²) < 4.78 is 23.3. The Kier molecular flexibility index (Phi) is 8.47. The van der Waals surface area contributed by atoms with Crippen molar-refractivity contribution >= 4 is 28.3 Å². The fourth-order valence-corrected chi connectivity index (χ4v) is 3.49. The molecule has 148 valence electrons. The molecule has 1 amide bonds. The molecule has 0 saturated heterocycles. The summed E-state index contributed by atoms with van der Waals surface area (Å²) >= 11 is 5.88. The van der Waals surface area contributed by atoms with Crippen LogP contribution >= 0.6 is 11.6 Å². The molecule has 1 atom stereocenters. The fraction of sp³-hybridized carbons (Fsp3) is 0.474. The third-order valence-electron chi connectivity index (χ3n) is 3.67. The predicted molar refractivity (Wildman–Crippen MR) is 107 cm³/mol. The van der Waals surface area contributed by atoms with Crippen molar-refractivity contribution in [3.63, 3.8) is 0 Å². The molecule has 2 aromatic rings. The maximum atomic E-state index is 12.3. The van der Waals surface area contributed by atoms with Crippen LogP contribution in [0.15, 0.2) is 28.7 Å². The number of amides is 1. The molecule has 1 aromatic carbocycles. The average Bonchev–Trinajstić information content (AvgIpc) is 2.95. The van der Waals surface area contributed by atoms with E-state index in [0.29, 0.717) is 35.5 Å². The minimum atomic E-state index is -1.36. The van der Waals surface area contributed by atoms with Gasteiger partial charge in [-0.25, -0.2) is 4.98 Å². The summed E-state index contributed by atoms with van der Waals surface area (Å²) in [6, 6.07) is 7.13. The minimum Gasteiger partial charge on any atom is -0.441 e. The lowest BCUT2D eigenvalue weighted by atomic mass is 10.2. The molecule has 0 fully saturated rings. The van der Waals surface area contributed by atoms with Crippen LogP contribution < -0.4 is 5.32 Å². The van der Waals surface area contributed by atoms with Gasteiger partial charge >= 0.3 is 0 Å². The minimum absolute atomic E-state index is 0.0619. The van der Waals surface area contributed by atoms with Gasteiger partial charge in [0.25, 0.3) is 0 Å². The molecule has 2 rings (SSSR count). The van der Waals surface area contributed by atoms with Crippen molar-refractivity contribution in [1.29, 1.82) is 0 Å². The molecule has 0 aliphatic rings. The lowest BCUT2D eigenvalue weighted by Crippen LogP contribution is -2.30. The SMILES string of the molecule is Cc1oc(-c2ccc(Cl)cc2)nc1C[S@@](=O)CC(=O)NCCCOC(C)C. The van der Waals surface area contributed by atoms with E-state index in [1.165, 1.54) is 0 Å². The van der Waals surface area contributed by atoms with Gasteiger partial charge in [-0.2, -0.15) is 0 Å². The van der Waals surface area contributed by atoms with E-state index in [1.54, 1.807) is 19.1 Å². The molecule has 0 bridgehead atoms. The number of nitrogens with zero attached hydrogens (tertiary/aromatic N) is 1. The predicted octanol–water partition coefficient (Wildman–Crippen LogP) is 3.48. The summed E-state index contributed by atoms with van der Waals surface area (Å²) in [5, 5.41) is 3.39. The summed E-state index contributed by atoms with van der Waals surface area (Å²) in [6.07, 6.45) is 0.903. The molecule has 8 heteroatoms. The van der Waals surface area contributed by atoms with Gasteiger partial charge in [0.2, 0.25) is 11.8 Å². The van der Waals surface area contributed by atoms with Crippen LogP contribution in [0.4, 0.5) is 0 Å². The summed E-state index contributed by atoms with van der Waals surface area (Å²) in [5.41, 5.74) is 1.39. The third-order valence-corrected chi connectivity index (χ3v) is 5.10. The molecule has 1 N–H and O–H groups in total. The summed E-state index contributed by atoms with van der Waals surface area (Å²) in [4.78, 5) is 16.3. The number of hydrogen-bond donors (Lipinski definition) is 1. The largest absolute Gasteiger partial charge is 0.441 e. The van der Waals surface area contributed by atoms with Crippen LogP contribution in [0.25, 0.3) is 11.5 Å². The molecule has 0 radical (unpaired) electrons. The third kappa shape index (κ3) is 7.44. The van der Waals surface area contributed by atoms with E-state index < -0.39 is 10.8 Å². The van der Waals surface area contributed by atoms with E-state index in [4.69, 9.17) is 20.8 Å². The molecular formula is C19H25ClN2O4S. The van der Waals surface area contributed by atoms with Crippen molar-refractivity contribution in [3.8, 4) is 11.5 Å². The summed E-state index contributed by atoms with van der Waals surface area (Å²) in [6.45, 7) is 6.80. The first-order valence-corrected chi connectivity index (χ1v) is 10.7. The Bertz CT molecular complexity index is 775. The van der Waals surface area contributed by atoms with E-state index in [1.807, 2.05) is 26.0 Å². The van der Waals surface area contributed by atoms with Gasteiger partial charge in [0, 0.05) is 34.5 Å². The molecule has 0 unspecified atom stereocenters. The van der Waals surface area contributed by atoms with Crippen molar-refractivity contribution in [2.24, 2.45) is 0 Å². The average molecular weight is 413 g/mol. The highest BCUT2D eigenvalue weighted by atomic mass is 35.5. The standard InChI is InChI=1S/C19H25ClN2O4S/c1-13(2)25-10-4-9-21-18(23)12-27(24)11-17-14(3)26-19(22-17)15-5-7-16(20)8-6-15/h5-8,13H,4,9-12H2,1-3H3,(H,21,23)/t27-/m1/s1. The fourth-order valence-electron chi connectivity index (χ4n) is 2.30. The Morgan fingerprint density at radius 2 is 2.04 bits per heavy atom. The number of hydrogen-bond acceptors (Lipinski definition) is 5. The van der Waals surface area contributed by atoms with Crippen LogP contribution in [0.1, 0.15) is 31.7 Å². The van der Waals surface area contributed by atoms with Crippen LogP contribution in [0, 0.1) is 6.92 Å². The number of aryl methyl sites for hydroxylation is 1. The summed E-state index contributed by atoms with van der Waals surface area (Å²) in [5.74, 6) is 0.919. The normalized spacial score (nSPS) is 12.3. The highest BCUT2D eigenvalue weighted by molar-refractivity contribution is 7.84. The van der Waals surface area contributed by atoms with E-state index >= 15 is 0 Å². The number of rotatable bonds is 10. The monoisotopic (exact) mass is 412 g/mol. The first kappa shape index (κ1) is 21.6. The number of oxazole rings is 1. The topological polar surface area (TPSA) is 81.4 Å². The zero-order valence-electron chi connectivity index (χ0n) is 15.8. The maximum Gasteiger partial charge on any atom is 0.232 e. The Hall–Kier alpha value is -1.70. The van der Waals surface area contributed by atoms with Gasteiger partial charge in [-0.3, -0.25) is 9.00 Å². The number of aromatic nitrogens is 1. The van der Waals surface area contributed by atoms with Crippen molar-refractivity contribution < 1.29 is 18.2 Å². The molecule has 0 aliphatic carbocycles. The van der Waals surface area contributed by atoms with Crippen LogP contribution in [0.3, 0.4) is 0 Å². The molecule has 1 aromatic heterocycles. The smallest absolute Gasteiger partial charge is 0.232 e. The Morgan fingerprint density at radius 1 is 1.33 bits per heavy atom. The molecule has 6 nitrogen and oxygen atoms in total. The van der Waals surface area contributed by atoms with Gasteiger partial charge in [-0.1, -0.05) is 11.6 Å². The zero-order chi connectivity index (χ0) is 19.8. The lowest BCUT2D eigenvalue weighted by molar-refractivity contribution is -0.118. The van der Waals surface area contributed by atoms with Crippen LogP contribution in [0.2, 0.25) is 5.02 Å². The first-order chi connectivity index (χ1) is 12.8. The second-order valence-electron chi connectivity index (χ2n) is 6.38. The quantitative estimate of drug-likeness (QED) is 0.604. The van der Waals surface area contributed by atoms with Crippen molar-refractivity contribution in [1.82, 2.24) is 10.3 Å². The van der Waals surface area contributed by atoms with Gasteiger partial charge < -0.3 is 14.5 Å². The number of carbonyl (C=O) groups excluding carboxylic acids is 1. The lowest BCUT2D eigenvalue weighted by Gasteiger charge is -2.08. The highest BCUT2D eigenvalue weighted by Crippen LogP contribution is 2.24. The zero-order valence-corrected chi connectivity index (χ0v) is 17.4. The number of nitrogens with one attached hydrogen (secondary N) is 1. The molecule has 0 spiro atoms. The van der Waals surface area contributed by atoms with Crippen LogP contribution in [0.5, 0.6) is 0 Å². The number of ether oxygens (including phenoxy) is 1. The highest BCUT2D eigenvalue weighted by Gasteiger charge is 2.16. The Labute approximate surface area is 167 Å². The number of benzene rings is 1. The number of carbonyl (C=O) groups is 1. The van der Waals surface area contributed by atoms with Gasteiger partial charge in [0.15, 0.2) is 0 Å². The van der Waals surface area contributed by atoms with Crippen molar-refractivity contribution in [3.05, 3.63) is 40.7 Å². The molecular weight excluding hydrogens is 388 g/mol. The van der Waals surface area contributed by atoms with E-state index in [-0.39, 0.29) is 23.5 Å². The maximum absolute atomic E-state index is 12.3. The van der Waals surface area contributed by atoms with Gasteiger partial charge in [-0.05, 0) is 51.5 Å². The van der Waals surface area contributed by atoms with Crippen molar-refractivity contribution in [2.75, 3.05) is 18.9 Å². The second kappa shape index (κ2) is 10.6. The van der Waals surface area contributed by atoms with Gasteiger partial charge in [-0.15, -0.1) is 0 Å².